The molecule has 0 aliphatic carbocycles. The number of carbonyl (C=O) groups excluding carboxylic acids is 1. The maximum atomic E-state index is 12.0. The Balaban J connectivity index is 1.93. The molecule has 2 heterocycles. The van der Waals surface area contributed by atoms with Gasteiger partial charge in [0.2, 0.25) is 0 Å². The van der Waals surface area contributed by atoms with Crippen molar-refractivity contribution in [2.75, 3.05) is 19.6 Å². The summed E-state index contributed by atoms with van der Waals surface area (Å²) >= 11 is 0. The summed E-state index contributed by atoms with van der Waals surface area (Å²) in [6.07, 6.45) is 4.97. The quantitative estimate of drug-likeness (QED) is 0.900. The maximum Gasteiger partial charge on any atom is 0.271 e. The highest BCUT2D eigenvalue weighted by Crippen LogP contribution is 2.20. The molecule has 0 unspecified atom stereocenters. The fourth-order valence-corrected chi connectivity index (χ4v) is 2.59. The fourth-order valence-electron chi connectivity index (χ4n) is 2.59. The minimum Gasteiger partial charge on any atom is -0.373 e. The van der Waals surface area contributed by atoms with Crippen molar-refractivity contribution in [3.63, 3.8) is 0 Å². The second-order valence-corrected chi connectivity index (χ2v) is 6.25. The molecule has 2 rings (SSSR count). The summed E-state index contributed by atoms with van der Waals surface area (Å²) in [6.45, 7) is 10.7. The van der Waals surface area contributed by atoms with E-state index in [1.54, 1.807) is 6.20 Å². The smallest absolute Gasteiger partial charge is 0.271 e. The predicted molar refractivity (Wildman–Crippen MR) is 80.0 cm³/mol. The van der Waals surface area contributed by atoms with Crippen molar-refractivity contribution < 1.29 is 9.53 Å². The van der Waals surface area contributed by atoms with Gasteiger partial charge in [0.25, 0.3) is 5.91 Å². The Kier molecular flexibility index (Phi) is 4.90. The van der Waals surface area contributed by atoms with Gasteiger partial charge < -0.3 is 10.1 Å². The van der Waals surface area contributed by atoms with Gasteiger partial charge in [-0.05, 0) is 27.7 Å². The van der Waals surface area contributed by atoms with Gasteiger partial charge in [0.05, 0.1) is 18.4 Å². The highest BCUT2D eigenvalue weighted by Gasteiger charge is 2.33. The van der Waals surface area contributed by atoms with Gasteiger partial charge in [0.1, 0.15) is 5.69 Å². The van der Waals surface area contributed by atoms with Gasteiger partial charge in [0, 0.05) is 37.6 Å². The first-order valence-electron chi connectivity index (χ1n) is 7.33. The van der Waals surface area contributed by atoms with Gasteiger partial charge >= 0.3 is 0 Å². The van der Waals surface area contributed by atoms with Crippen LogP contribution in [0.3, 0.4) is 0 Å². The summed E-state index contributed by atoms with van der Waals surface area (Å²) in [6, 6.07) is 0. The van der Waals surface area contributed by atoms with E-state index in [9.17, 15) is 4.79 Å². The lowest BCUT2D eigenvalue weighted by Crippen LogP contribution is -2.58. The van der Waals surface area contributed by atoms with Crippen LogP contribution in [0.15, 0.2) is 18.6 Å². The van der Waals surface area contributed by atoms with E-state index in [4.69, 9.17) is 4.74 Å². The Hall–Kier alpha value is -1.53. The van der Waals surface area contributed by atoms with Crippen LogP contribution in [0.1, 0.15) is 38.2 Å². The molecule has 1 N–H and O–H groups in total. The van der Waals surface area contributed by atoms with E-state index in [0.29, 0.717) is 12.2 Å². The molecule has 0 radical (unpaired) electrons. The van der Waals surface area contributed by atoms with E-state index < -0.39 is 0 Å². The number of morpholine rings is 1. The molecule has 1 saturated heterocycles. The number of ether oxygens (including phenoxy) is 1. The zero-order chi connectivity index (χ0) is 15.5. The lowest BCUT2D eigenvalue weighted by Gasteiger charge is -2.45. The minimum absolute atomic E-state index is 0.135. The first-order valence-corrected chi connectivity index (χ1v) is 7.33. The Labute approximate surface area is 125 Å². The van der Waals surface area contributed by atoms with E-state index in [0.717, 1.165) is 13.1 Å². The van der Waals surface area contributed by atoms with Gasteiger partial charge in [-0.1, -0.05) is 0 Å². The zero-order valence-electron chi connectivity index (χ0n) is 13.2. The Morgan fingerprint density at radius 3 is 2.62 bits per heavy atom. The lowest BCUT2D eigenvalue weighted by atomic mass is 10.00. The average molecular weight is 292 g/mol. The molecule has 1 amide bonds. The molecular weight excluding hydrogens is 268 g/mol. The first-order chi connectivity index (χ1) is 9.88. The van der Waals surface area contributed by atoms with E-state index in [1.807, 2.05) is 0 Å². The third-order valence-corrected chi connectivity index (χ3v) is 3.75. The SMILES string of the molecule is C[C@@H]1CN(C(C)(C)CNC(=O)c2cnccn2)C[C@H](C)O1. The fraction of sp³-hybridized carbons (Fsp3) is 0.667. The number of aromatic nitrogens is 2. The molecule has 1 aromatic heterocycles. The third kappa shape index (κ3) is 4.22. The summed E-state index contributed by atoms with van der Waals surface area (Å²) in [5.41, 5.74) is 0.210. The Morgan fingerprint density at radius 2 is 2.05 bits per heavy atom. The highest BCUT2D eigenvalue weighted by atomic mass is 16.5. The van der Waals surface area contributed by atoms with Crippen LogP contribution in [0.25, 0.3) is 0 Å². The molecule has 0 spiro atoms. The molecule has 6 nitrogen and oxygen atoms in total. The summed E-state index contributed by atoms with van der Waals surface area (Å²) in [5.74, 6) is -0.189. The van der Waals surface area contributed by atoms with Crippen LogP contribution in [0.2, 0.25) is 0 Å². The predicted octanol–water partition coefficient (Wildman–Crippen LogP) is 1.09. The summed E-state index contributed by atoms with van der Waals surface area (Å²) < 4.78 is 5.76. The van der Waals surface area contributed by atoms with Gasteiger partial charge in [-0.15, -0.1) is 0 Å². The number of hydrogen-bond donors (Lipinski definition) is 1. The van der Waals surface area contributed by atoms with Crippen molar-refractivity contribution in [3.05, 3.63) is 24.3 Å². The molecule has 1 aliphatic rings. The highest BCUT2D eigenvalue weighted by molar-refractivity contribution is 5.91. The third-order valence-electron chi connectivity index (χ3n) is 3.75. The molecule has 21 heavy (non-hydrogen) atoms. The number of nitrogens with zero attached hydrogens (tertiary/aromatic N) is 3. The van der Waals surface area contributed by atoms with E-state index in [-0.39, 0.29) is 23.7 Å². The summed E-state index contributed by atoms with van der Waals surface area (Å²) in [7, 11) is 0. The molecule has 1 fully saturated rings. The average Bonchev–Trinajstić information content (AvgIpc) is 2.45. The lowest BCUT2D eigenvalue weighted by molar-refractivity contribution is -0.0948. The van der Waals surface area contributed by atoms with Crippen LogP contribution < -0.4 is 5.32 Å². The van der Waals surface area contributed by atoms with Crippen molar-refractivity contribution in [2.24, 2.45) is 0 Å². The number of hydrogen-bond acceptors (Lipinski definition) is 5. The van der Waals surface area contributed by atoms with Gasteiger partial charge in [-0.3, -0.25) is 14.7 Å². The number of nitrogens with one attached hydrogen (secondary N) is 1. The van der Waals surface area contributed by atoms with Crippen LogP contribution in [-0.2, 0) is 4.74 Å². The maximum absolute atomic E-state index is 12.0. The van der Waals surface area contributed by atoms with Crippen LogP contribution in [0.5, 0.6) is 0 Å². The van der Waals surface area contributed by atoms with Crippen LogP contribution >= 0.6 is 0 Å². The Morgan fingerprint density at radius 1 is 1.38 bits per heavy atom. The van der Waals surface area contributed by atoms with E-state index >= 15 is 0 Å². The molecular formula is C15H24N4O2. The van der Waals surface area contributed by atoms with Crippen molar-refractivity contribution in [2.45, 2.75) is 45.4 Å². The molecule has 2 atom stereocenters. The van der Waals surface area contributed by atoms with E-state index in [2.05, 4.69) is 47.9 Å². The molecule has 6 heteroatoms. The zero-order valence-corrected chi connectivity index (χ0v) is 13.2. The second-order valence-electron chi connectivity index (χ2n) is 6.25. The van der Waals surface area contributed by atoms with Crippen molar-refractivity contribution >= 4 is 5.91 Å². The van der Waals surface area contributed by atoms with Crippen LogP contribution in [0.4, 0.5) is 0 Å². The van der Waals surface area contributed by atoms with E-state index in [1.165, 1.54) is 12.4 Å². The molecule has 0 aromatic carbocycles. The molecule has 1 aromatic rings. The van der Waals surface area contributed by atoms with Crippen molar-refractivity contribution in [3.8, 4) is 0 Å². The van der Waals surface area contributed by atoms with Gasteiger partial charge in [-0.25, -0.2) is 4.98 Å². The second kappa shape index (κ2) is 6.49. The minimum atomic E-state index is -0.189. The topological polar surface area (TPSA) is 67.4 Å². The standard InChI is InChI=1S/C15H24N4O2/c1-11-8-19(9-12(2)21-11)15(3,4)10-18-14(20)13-7-16-5-6-17-13/h5-7,11-12H,8-10H2,1-4H3,(H,18,20)/t11-,12+. The largest absolute Gasteiger partial charge is 0.373 e. The summed E-state index contributed by atoms with van der Waals surface area (Å²) in [5, 5.41) is 2.94. The van der Waals surface area contributed by atoms with Gasteiger partial charge in [0.15, 0.2) is 0 Å². The van der Waals surface area contributed by atoms with Crippen molar-refractivity contribution in [1.29, 1.82) is 0 Å². The molecule has 1 aliphatic heterocycles. The molecule has 0 saturated carbocycles. The molecule has 116 valence electrons. The van der Waals surface area contributed by atoms with Gasteiger partial charge in [-0.2, -0.15) is 0 Å². The van der Waals surface area contributed by atoms with Crippen molar-refractivity contribution in [1.82, 2.24) is 20.2 Å². The monoisotopic (exact) mass is 292 g/mol. The number of carbonyl (C=O) groups is 1. The normalized spacial score (nSPS) is 23.8. The number of amides is 1. The molecule has 0 bridgehead atoms. The first kappa shape index (κ1) is 15.9. The number of rotatable bonds is 4. The Bertz CT molecular complexity index is 468. The summed E-state index contributed by atoms with van der Waals surface area (Å²) in [4.78, 5) is 22.3. The van der Waals surface area contributed by atoms with Crippen LogP contribution in [0, 0.1) is 0 Å². The van der Waals surface area contributed by atoms with Crippen LogP contribution in [-0.4, -0.2) is 58.2 Å².